The van der Waals surface area contributed by atoms with E-state index < -0.39 is 6.61 Å². The SMILES string of the molecule is COc1ccc(CN(c2nc(Nc3cc(OC(F)F)cc(Br)c3Cl)nc3c(C#N)cnn23)C2CC2)cc1. The molecule has 190 valence electrons. The molecule has 0 atom stereocenters. The van der Waals surface area contributed by atoms with Gasteiger partial charge in [0, 0.05) is 23.1 Å². The molecular formula is C24H19BrClF2N7O2. The van der Waals surface area contributed by atoms with Crippen LogP contribution in [-0.2, 0) is 6.54 Å². The largest absolute Gasteiger partial charge is 0.497 e. The predicted molar refractivity (Wildman–Crippen MR) is 137 cm³/mol. The van der Waals surface area contributed by atoms with E-state index in [2.05, 4.69) is 47.0 Å². The van der Waals surface area contributed by atoms with Crippen LogP contribution in [-0.4, -0.2) is 39.3 Å². The lowest BCUT2D eigenvalue weighted by atomic mass is 10.2. The van der Waals surface area contributed by atoms with Gasteiger partial charge in [0.2, 0.25) is 11.9 Å². The summed E-state index contributed by atoms with van der Waals surface area (Å²) < 4.78 is 37.3. The third-order valence-electron chi connectivity index (χ3n) is 5.70. The number of benzene rings is 2. The van der Waals surface area contributed by atoms with Crippen molar-refractivity contribution in [3.05, 3.63) is 63.2 Å². The number of hydrogen-bond donors (Lipinski definition) is 1. The number of aromatic nitrogens is 4. The Labute approximate surface area is 223 Å². The molecule has 1 aliphatic rings. The van der Waals surface area contributed by atoms with E-state index in [1.165, 1.54) is 22.8 Å². The number of anilines is 3. The first-order valence-corrected chi connectivity index (χ1v) is 12.3. The van der Waals surface area contributed by atoms with E-state index in [-0.39, 0.29) is 34.0 Å². The number of nitriles is 1. The van der Waals surface area contributed by atoms with Gasteiger partial charge in [-0.05, 0) is 52.5 Å². The molecule has 0 bridgehead atoms. The number of nitrogens with one attached hydrogen (secondary N) is 1. The summed E-state index contributed by atoms with van der Waals surface area (Å²) in [5.41, 5.74) is 1.83. The molecule has 1 N–H and O–H groups in total. The summed E-state index contributed by atoms with van der Waals surface area (Å²) in [7, 11) is 1.61. The smallest absolute Gasteiger partial charge is 0.387 e. The number of ether oxygens (including phenoxy) is 2. The minimum absolute atomic E-state index is 0.101. The molecule has 0 radical (unpaired) electrons. The molecule has 37 heavy (non-hydrogen) atoms. The Morgan fingerprint density at radius 2 is 2.00 bits per heavy atom. The maximum absolute atomic E-state index is 12.8. The zero-order valence-corrected chi connectivity index (χ0v) is 21.7. The summed E-state index contributed by atoms with van der Waals surface area (Å²) in [5, 5.41) is 17.2. The highest BCUT2D eigenvalue weighted by molar-refractivity contribution is 9.10. The second kappa shape index (κ2) is 10.4. The highest BCUT2D eigenvalue weighted by Gasteiger charge is 2.33. The Morgan fingerprint density at radius 1 is 1.24 bits per heavy atom. The normalized spacial score (nSPS) is 13.0. The minimum atomic E-state index is -3.00. The average Bonchev–Trinajstić information content (AvgIpc) is 3.64. The Kier molecular flexibility index (Phi) is 6.99. The molecule has 0 saturated heterocycles. The van der Waals surface area contributed by atoms with Crippen LogP contribution in [0, 0.1) is 11.3 Å². The molecule has 9 nitrogen and oxygen atoms in total. The van der Waals surface area contributed by atoms with Crippen molar-refractivity contribution in [1.82, 2.24) is 19.6 Å². The van der Waals surface area contributed by atoms with E-state index in [9.17, 15) is 14.0 Å². The maximum Gasteiger partial charge on any atom is 0.387 e. The van der Waals surface area contributed by atoms with Crippen molar-refractivity contribution in [2.45, 2.75) is 32.0 Å². The summed E-state index contributed by atoms with van der Waals surface area (Å²) in [5.74, 6) is 1.24. The fourth-order valence-electron chi connectivity index (χ4n) is 3.81. The zero-order chi connectivity index (χ0) is 26.1. The van der Waals surface area contributed by atoms with Gasteiger partial charge < -0.3 is 19.7 Å². The van der Waals surface area contributed by atoms with E-state index in [1.54, 1.807) is 7.11 Å². The quantitative estimate of drug-likeness (QED) is 0.256. The molecule has 4 aromatic rings. The Hall–Kier alpha value is -3.69. The van der Waals surface area contributed by atoms with Crippen LogP contribution in [0.4, 0.5) is 26.4 Å². The number of methoxy groups -OCH3 is 1. The second-order valence-corrected chi connectivity index (χ2v) is 9.46. The van der Waals surface area contributed by atoms with Gasteiger partial charge in [0.15, 0.2) is 5.65 Å². The van der Waals surface area contributed by atoms with Gasteiger partial charge in [-0.15, -0.1) is 0 Å². The first-order chi connectivity index (χ1) is 17.9. The van der Waals surface area contributed by atoms with Crippen LogP contribution in [0.5, 0.6) is 11.5 Å². The zero-order valence-electron chi connectivity index (χ0n) is 19.3. The van der Waals surface area contributed by atoms with Crippen LogP contribution >= 0.6 is 27.5 Å². The standard InChI is InChI=1S/C24H19BrClF2N7O2/c1-36-16-6-2-13(3-7-16)12-34(15-4-5-15)24-33-23(32-21-14(10-29)11-30-35(21)24)31-19-9-17(37-22(27)28)8-18(25)20(19)26/h2-3,6-9,11,15,22H,4-5,12H2,1H3,(H,31,32). The molecule has 0 aliphatic heterocycles. The van der Waals surface area contributed by atoms with Crippen LogP contribution in [0.3, 0.4) is 0 Å². The van der Waals surface area contributed by atoms with Gasteiger partial charge in [-0.2, -0.15) is 33.6 Å². The molecule has 2 aromatic heterocycles. The fraction of sp³-hybridized carbons (Fsp3) is 0.250. The second-order valence-electron chi connectivity index (χ2n) is 8.23. The average molecular weight is 591 g/mol. The van der Waals surface area contributed by atoms with Crippen LogP contribution in [0.25, 0.3) is 5.65 Å². The third kappa shape index (κ3) is 5.38. The first-order valence-electron chi connectivity index (χ1n) is 11.1. The van der Waals surface area contributed by atoms with Crippen molar-refractivity contribution in [2.75, 3.05) is 17.3 Å². The van der Waals surface area contributed by atoms with E-state index in [0.717, 1.165) is 24.2 Å². The molecule has 2 aromatic carbocycles. The predicted octanol–water partition coefficient (Wildman–Crippen LogP) is 5.93. The molecule has 2 heterocycles. The summed E-state index contributed by atoms with van der Waals surface area (Å²) in [4.78, 5) is 11.3. The summed E-state index contributed by atoms with van der Waals surface area (Å²) in [6, 6.07) is 12.7. The van der Waals surface area contributed by atoms with Gasteiger partial charge in [-0.25, -0.2) is 0 Å². The molecule has 1 fully saturated rings. The van der Waals surface area contributed by atoms with Gasteiger partial charge in [-0.1, -0.05) is 23.7 Å². The van der Waals surface area contributed by atoms with Gasteiger partial charge in [0.1, 0.15) is 23.1 Å². The fourth-order valence-corrected chi connectivity index (χ4v) is 4.40. The van der Waals surface area contributed by atoms with Gasteiger partial charge in [-0.3, -0.25) is 0 Å². The number of halogens is 4. The number of alkyl halides is 2. The Bertz CT molecular complexity index is 1490. The Balaban J connectivity index is 1.57. The van der Waals surface area contributed by atoms with Crippen LogP contribution < -0.4 is 19.7 Å². The molecule has 0 unspecified atom stereocenters. The van der Waals surface area contributed by atoms with Gasteiger partial charge in [0.05, 0.1) is 24.0 Å². The van der Waals surface area contributed by atoms with E-state index >= 15 is 0 Å². The lowest BCUT2D eigenvalue weighted by Gasteiger charge is -2.24. The van der Waals surface area contributed by atoms with Crippen molar-refractivity contribution < 1.29 is 18.3 Å². The summed E-state index contributed by atoms with van der Waals surface area (Å²) >= 11 is 9.66. The highest BCUT2D eigenvalue weighted by atomic mass is 79.9. The lowest BCUT2D eigenvalue weighted by molar-refractivity contribution is -0.0498. The van der Waals surface area contributed by atoms with E-state index in [4.69, 9.17) is 21.3 Å². The van der Waals surface area contributed by atoms with Crippen LogP contribution in [0.15, 0.2) is 47.1 Å². The topological polar surface area (TPSA) is 101 Å². The van der Waals surface area contributed by atoms with Gasteiger partial charge >= 0.3 is 6.61 Å². The van der Waals surface area contributed by atoms with E-state index in [1.807, 2.05) is 24.3 Å². The van der Waals surface area contributed by atoms with E-state index in [0.29, 0.717) is 22.6 Å². The van der Waals surface area contributed by atoms with Crippen molar-refractivity contribution in [2.24, 2.45) is 0 Å². The monoisotopic (exact) mass is 589 g/mol. The molecule has 0 amide bonds. The van der Waals surface area contributed by atoms with Crippen molar-refractivity contribution in [1.29, 1.82) is 5.26 Å². The molecule has 5 rings (SSSR count). The third-order valence-corrected chi connectivity index (χ3v) is 6.96. The van der Waals surface area contributed by atoms with Crippen molar-refractivity contribution in [3.8, 4) is 17.6 Å². The minimum Gasteiger partial charge on any atom is -0.497 e. The summed E-state index contributed by atoms with van der Waals surface area (Å²) in [6.45, 7) is -2.47. The molecule has 0 spiro atoms. The number of rotatable bonds is 9. The van der Waals surface area contributed by atoms with Crippen molar-refractivity contribution >= 4 is 50.8 Å². The number of fused-ring (bicyclic) bond motifs is 1. The van der Waals surface area contributed by atoms with Crippen LogP contribution in [0.1, 0.15) is 24.0 Å². The van der Waals surface area contributed by atoms with Crippen molar-refractivity contribution in [3.63, 3.8) is 0 Å². The summed E-state index contributed by atoms with van der Waals surface area (Å²) in [6.07, 6.45) is 3.38. The molecule has 13 heteroatoms. The molecule has 1 saturated carbocycles. The maximum atomic E-state index is 12.8. The lowest BCUT2D eigenvalue weighted by Crippen LogP contribution is -2.29. The number of nitrogens with zero attached hydrogens (tertiary/aromatic N) is 6. The van der Waals surface area contributed by atoms with Crippen LogP contribution in [0.2, 0.25) is 5.02 Å². The van der Waals surface area contributed by atoms with Gasteiger partial charge in [0.25, 0.3) is 0 Å². The first kappa shape index (κ1) is 25.0. The number of hydrogen-bond acceptors (Lipinski definition) is 8. The molecule has 1 aliphatic carbocycles. The Morgan fingerprint density at radius 3 is 2.65 bits per heavy atom. The molecular weight excluding hydrogens is 572 g/mol. The highest BCUT2D eigenvalue weighted by Crippen LogP contribution is 2.38.